The van der Waals surface area contributed by atoms with Crippen molar-refractivity contribution in [2.24, 2.45) is 0 Å². The first-order valence-electron chi connectivity index (χ1n) is 20.4. The first-order valence-corrected chi connectivity index (χ1v) is 20.4. The Bertz CT molecular complexity index is 2640. The summed E-state index contributed by atoms with van der Waals surface area (Å²) >= 11 is 0. The van der Waals surface area contributed by atoms with Crippen LogP contribution < -0.4 is 14.5 Å². The Morgan fingerprint density at radius 2 is 1.20 bits per heavy atom. The van der Waals surface area contributed by atoms with E-state index in [0.717, 1.165) is 39.0 Å². The summed E-state index contributed by atoms with van der Waals surface area (Å²) in [7, 11) is 0. The minimum Gasteiger partial charge on any atom is -0.509 e. The molecule has 0 atom stereocenters. The van der Waals surface area contributed by atoms with Crippen LogP contribution in [0.1, 0.15) is 104 Å². The van der Waals surface area contributed by atoms with Crippen molar-refractivity contribution >= 4 is 33.2 Å². The number of hydrogen-bond donors (Lipinski definition) is 0. The van der Waals surface area contributed by atoms with Gasteiger partial charge < -0.3 is 19.1 Å². The number of benzene rings is 5. The van der Waals surface area contributed by atoms with Crippen LogP contribution in [0.5, 0.6) is 11.5 Å². The molecule has 7 aromatic rings. The molecule has 5 nitrogen and oxygen atoms in total. The summed E-state index contributed by atoms with van der Waals surface area (Å²) < 4.78 is 8.81. The van der Waals surface area contributed by atoms with Gasteiger partial charge in [-0.1, -0.05) is 130 Å². The maximum Gasteiger partial charge on any atom is 0.135 e. The van der Waals surface area contributed by atoms with Crippen LogP contribution in [-0.4, -0.2) is 9.55 Å². The van der Waals surface area contributed by atoms with Crippen molar-refractivity contribution in [1.29, 1.82) is 0 Å². The van der Waals surface area contributed by atoms with Gasteiger partial charge in [-0.3, -0.25) is 0 Å². The van der Waals surface area contributed by atoms with Crippen LogP contribution in [0.4, 0.5) is 11.4 Å². The van der Waals surface area contributed by atoms with E-state index < -0.39 is 0 Å². The molecule has 0 spiro atoms. The van der Waals surface area contributed by atoms with Gasteiger partial charge in [-0.05, 0) is 92.2 Å². The predicted octanol–water partition coefficient (Wildman–Crippen LogP) is 13.7. The van der Waals surface area contributed by atoms with Crippen molar-refractivity contribution in [1.82, 2.24) is 9.55 Å². The van der Waals surface area contributed by atoms with E-state index in [1.807, 2.05) is 24.4 Å². The van der Waals surface area contributed by atoms with Crippen LogP contribution in [0.15, 0.2) is 128 Å². The van der Waals surface area contributed by atoms with Crippen molar-refractivity contribution in [2.45, 2.75) is 97.8 Å². The third kappa shape index (κ3) is 8.37. The molecule has 5 aromatic carbocycles. The van der Waals surface area contributed by atoms with Crippen molar-refractivity contribution in [3.05, 3.63) is 174 Å². The van der Waals surface area contributed by atoms with Gasteiger partial charge in [0.15, 0.2) is 0 Å². The van der Waals surface area contributed by atoms with Gasteiger partial charge in [0.05, 0.1) is 0 Å². The summed E-state index contributed by atoms with van der Waals surface area (Å²) in [5.41, 5.74) is 10.2. The van der Waals surface area contributed by atoms with Crippen molar-refractivity contribution in [2.75, 3.05) is 9.80 Å². The van der Waals surface area contributed by atoms with Gasteiger partial charge in [0, 0.05) is 55.4 Å². The Labute approximate surface area is 366 Å². The van der Waals surface area contributed by atoms with Crippen LogP contribution in [-0.2, 0) is 42.7 Å². The molecule has 2 aromatic heterocycles. The van der Waals surface area contributed by atoms with E-state index in [-0.39, 0.29) is 42.7 Å². The van der Waals surface area contributed by atoms with E-state index in [1.165, 1.54) is 27.8 Å². The molecule has 6 heteroatoms. The molecule has 0 N–H and O–H groups in total. The first-order chi connectivity index (χ1) is 27.4. The Balaban J connectivity index is 0.00000528. The second-order valence-electron chi connectivity index (χ2n) is 19.3. The average molecular weight is 959 g/mol. The van der Waals surface area contributed by atoms with E-state index in [2.05, 4.69) is 213 Å². The number of nitrogens with zero attached hydrogens (tertiary/aromatic N) is 4. The molecule has 0 saturated heterocycles. The SMILES string of the molecule is CC(C)(C)c1cc(N2C=CN(c3[c-]c(Oc4[c-]c5c(cc4)c4cc(C(C)(C)c6ccccc6)ccc4n5-c4cc(C(C)(C)C)ccn4)ccc3)[CH-]2)cc(C(C)(C)C)c1.[Pt]. The number of fused-ring (bicyclic) bond motifs is 3. The number of anilines is 2. The van der Waals surface area contributed by atoms with E-state index in [1.54, 1.807) is 0 Å². The molecule has 0 saturated carbocycles. The van der Waals surface area contributed by atoms with Crippen LogP contribution in [0.2, 0.25) is 0 Å². The quantitative estimate of drug-likeness (QED) is 0.149. The van der Waals surface area contributed by atoms with Gasteiger partial charge in [-0.25, -0.2) is 4.98 Å². The molecule has 0 unspecified atom stereocenters. The summed E-state index contributed by atoms with van der Waals surface area (Å²) in [6.45, 7) is 27.0. The maximum absolute atomic E-state index is 6.58. The molecule has 59 heavy (non-hydrogen) atoms. The first kappa shape index (κ1) is 42.0. The van der Waals surface area contributed by atoms with Crippen molar-refractivity contribution in [3.8, 4) is 17.3 Å². The fourth-order valence-corrected chi connectivity index (χ4v) is 7.68. The topological polar surface area (TPSA) is 33.5 Å². The van der Waals surface area contributed by atoms with Crippen LogP contribution in [0, 0.1) is 18.8 Å². The van der Waals surface area contributed by atoms with E-state index >= 15 is 0 Å². The van der Waals surface area contributed by atoms with Crippen molar-refractivity contribution < 1.29 is 25.8 Å². The third-order valence-corrected chi connectivity index (χ3v) is 11.5. The van der Waals surface area contributed by atoms with Crippen LogP contribution >= 0.6 is 0 Å². The zero-order valence-electron chi connectivity index (χ0n) is 36.2. The number of hydrogen-bond acceptors (Lipinski definition) is 4. The van der Waals surface area contributed by atoms with Gasteiger partial charge in [-0.15, -0.1) is 48.1 Å². The van der Waals surface area contributed by atoms with E-state index in [0.29, 0.717) is 11.5 Å². The van der Waals surface area contributed by atoms with Crippen molar-refractivity contribution in [3.63, 3.8) is 0 Å². The molecule has 0 fully saturated rings. The Morgan fingerprint density at radius 3 is 1.88 bits per heavy atom. The summed E-state index contributed by atoms with van der Waals surface area (Å²) in [4.78, 5) is 9.19. The molecular weight excluding hydrogens is 904 g/mol. The molecule has 306 valence electrons. The number of ether oxygens (including phenoxy) is 1. The summed E-state index contributed by atoms with van der Waals surface area (Å²) in [6, 6.07) is 46.2. The summed E-state index contributed by atoms with van der Waals surface area (Å²) in [5.74, 6) is 2.08. The minimum absolute atomic E-state index is 0. The van der Waals surface area contributed by atoms with E-state index in [4.69, 9.17) is 9.72 Å². The van der Waals surface area contributed by atoms with Gasteiger partial charge in [0.1, 0.15) is 5.82 Å². The fraction of sp³-hybridized carbons (Fsp3) is 0.283. The number of aromatic nitrogens is 2. The number of pyridine rings is 1. The maximum atomic E-state index is 6.58. The zero-order chi connectivity index (χ0) is 41.2. The molecule has 0 bridgehead atoms. The standard InChI is InChI=1S/C53H55N4O.Pt/c1-50(2,3)37-24-25-54-49(32-37)57-47-23-20-38(53(10,11)36-16-13-12-14-17-36)31-46(47)45-22-21-44(34-48(45)57)58-43-19-15-18-41(33-43)55-26-27-56(35-55)42-29-39(51(4,5)6)28-40(30-42)52(7,8)9;/h12-32,35H,1-11H3;/q-3;. The summed E-state index contributed by atoms with van der Waals surface area (Å²) in [5, 5.41) is 2.25. The predicted molar refractivity (Wildman–Crippen MR) is 242 cm³/mol. The molecule has 1 aliphatic rings. The molecular formula is C53H55N4OPt-3. The Hall–Kier alpha value is -5.12. The average Bonchev–Trinajstić information content (AvgIpc) is 3.81. The Kier molecular flexibility index (Phi) is 11.0. The van der Waals surface area contributed by atoms with Gasteiger partial charge in [-0.2, -0.15) is 12.1 Å². The van der Waals surface area contributed by atoms with E-state index in [9.17, 15) is 0 Å². The second kappa shape index (κ2) is 15.5. The van der Waals surface area contributed by atoms with Gasteiger partial charge >= 0.3 is 0 Å². The summed E-state index contributed by atoms with van der Waals surface area (Å²) in [6.07, 6.45) is 6.08. The molecule has 0 amide bonds. The monoisotopic (exact) mass is 958 g/mol. The van der Waals surface area contributed by atoms with Crippen LogP contribution in [0.25, 0.3) is 27.6 Å². The second-order valence-corrected chi connectivity index (χ2v) is 19.3. The van der Waals surface area contributed by atoms with Gasteiger partial charge in [0.25, 0.3) is 0 Å². The largest absolute Gasteiger partial charge is 0.509 e. The molecule has 0 radical (unpaired) electrons. The Morgan fingerprint density at radius 1 is 0.542 bits per heavy atom. The molecule has 0 aliphatic carbocycles. The third-order valence-electron chi connectivity index (χ3n) is 11.5. The van der Waals surface area contributed by atoms with Gasteiger partial charge in [0.2, 0.25) is 0 Å². The zero-order valence-corrected chi connectivity index (χ0v) is 38.5. The molecule has 1 aliphatic heterocycles. The normalized spacial score (nSPS) is 13.7. The van der Waals surface area contributed by atoms with Crippen LogP contribution in [0.3, 0.4) is 0 Å². The molecule has 3 heterocycles. The smallest absolute Gasteiger partial charge is 0.135 e. The fourth-order valence-electron chi connectivity index (χ4n) is 7.68. The number of rotatable bonds is 7. The molecule has 8 rings (SSSR count). The minimum atomic E-state index is -0.188.